The zero-order chi connectivity index (χ0) is 7.56. The molecule has 0 aromatic rings. The van der Waals surface area contributed by atoms with E-state index in [1.165, 1.54) is 0 Å². The Kier molecular flexibility index (Phi) is 2.71. The Morgan fingerprint density at radius 2 is 2.30 bits per heavy atom. The summed E-state index contributed by atoms with van der Waals surface area (Å²) in [6.45, 7) is 3.98. The number of hydrogen-bond donors (Lipinski definition) is 1. The van der Waals surface area contributed by atoms with Gasteiger partial charge >= 0.3 is 7.32 Å². The second kappa shape index (κ2) is 3.37. The highest BCUT2D eigenvalue weighted by Gasteiger charge is 2.30. The van der Waals surface area contributed by atoms with Gasteiger partial charge in [-0.2, -0.15) is 0 Å². The molecule has 2 unspecified atom stereocenters. The van der Waals surface area contributed by atoms with E-state index in [-0.39, 0.29) is 12.2 Å². The maximum absolute atomic E-state index is 8.94. The molecule has 0 saturated carbocycles. The van der Waals surface area contributed by atoms with Crippen molar-refractivity contribution in [3.8, 4) is 0 Å². The molecule has 0 bridgehead atoms. The van der Waals surface area contributed by atoms with Gasteiger partial charge in [0.1, 0.15) is 0 Å². The maximum atomic E-state index is 8.94. The van der Waals surface area contributed by atoms with Crippen molar-refractivity contribution in [2.24, 2.45) is 0 Å². The van der Waals surface area contributed by atoms with E-state index in [1.807, 2.05) is 13.8 Å². The maximum Gasteiger partial charge on any atom is 0.637 e. The monoisotopic (exact) mass is 144 g/mol. The molecule has 1 N–H and O–H groups in total. The van der Waals surface area contributed by atoms with Gasteiger partial charge in [-0.15, -0.1) is 0 Å². The van der Waals surface area contributed by atoms with Gasteiger partial charge in [0.15, 0.2) is 0 Å². The number of rotatable bonds is 1. The molecule has 0 aromatic heterocycles. The van der Waals surface area contributed by atoms with Crippen LogP contribution in [-0.2, 0) is 9.31 Å². The van der Waals surface area contributed by atoms with Crippen molar-refractivity contribution in [1.82, 2.24) is 0 Å². The van der Waals surface area contributed by atoms with E-state index in [4.69, 9.17) is 14.3 Å². The quantitative estimate of drug-likeness (QED) is 0.546. The zero-order valence-corrected chi connectivity index (χ0v) is 6.41. The largest absolute Gasteiger partial charge is 0.637 e. The van der Waals surface area contributed by atoms with Crippen molar-refractivity contribution < 1.29 is 14.3 Å². The molecule has 1 saturated heterocycles. The first-order chi connectivity index (χ1) is 4.72. The molecule has 0 radical (unpaired) electrons. The molecule has 0 aromatic carbocycles. The van der Waals surface area contributed by atoms with Crippen LogP contribution in [0, 0.1) is 0 Å². The van der Waals surface area contributed by atoms with E-state index in [9.17, 15) is 0 Å². The van der Waals surface area contributed by atoms with Crippen LogP contribution in [0.5, 0.6) is 0 Å². The Balaban J connectivity index is 2.35. The predicted octanol–water partition coefficient (Wildman–Crippen LogP) is 0.568. The molecule has 0 amide bonds. The minimum Gasteiger partial charge on any atom is -0.402 e. The summed E-state index contributed by atoms with van der Waals surface area (Å²) >= 11 is 0. The minimum absolute atomic E-state index is 0.119. The molecular formula is C6H13BO3. The lowest BCUT2D eigenvalue weighted by Gasteiger charge is -2.28. The van der Waals surface area contributed by atoms with Crippen LogP contribution < -0.4 is 0 Å². The van der Waals surface area contributed by atoms with Crippen LogP contribution in [0.4, 0.5) is 0 Å². The van der Waals surface area contributed by atoms with Gasteiger partial charge in [0.2, 0.25) is 0 Å². The average Bonchev–Trinajstić information content (AvgIpc) is 1.85. The molecule has 1 heterocycles. The van der Waals surface area contributed by atoms with Gasteiger partial charge in [-0.3, -0.25) is 0 Å². The lowest BCUT2D eigenvalue weighted by atomic mass is 10.0. The van der Waals surface area contributed by atoms with Gasteiger partial charge in [0, 0.05) is 12.2 Å². The molecule has 1 fully saturated rings. The van der Waals surface area contributed by atoms with Crippen molar-refractivity contribution in [3.63, 3.8) is 0 Å². The highest BCUT2D eigenvalue weighted by molar-refractivity contribution is 6.34. The fraction of sp³-hybridized carbons (Fsp3) is 1.00. The Morgan fingerprint density at radius 3 is 2.80 bits per heavy atom. The molecule has 0 aliphatic carbocycles. The van der Waals surface area contributed by atoms with Gasteiger partial charge in [-0.05, 0) is 19.8 Å². The highest BCUT2D eigenvalue weighted by atomic mass is 16.7. The standard InChI is InChI=1S/C6H13BO3/c1-3-6-4-5(2)9-7(8)10-6/h5-6,8H,3-4H2,1-2H3. The fourth-order valence-corrected chi connectivity index (χ4v) is 1.14. The van der Waals surface area contributed by atoms with E-state index in [2.05, 4.69) is 0 Å². The van der Waals surface area contributed by atoms with Crippen molar-refractivity contribution in [1.29, 1.82) is 0 Å². The first-order valence-electron chi connectivity index (χ1n) is 3.71. The van der Waals surface area contributed by atoms with Crippen molar-refractivity contribution >= 4 is 7.32 Å². The van der Waals surface area contributed by atoms with Gasteiger partial charge in [-0.25, -0.2) is 0 Å². The van der Waals surface area contributed by atoms with E-state index < -0.39 is 7.32 Å². The molecule has 3 nitrogen and oxygen atoms in total. The fourth-order valence-electron chi connectivity index (χ4n) is 1.14. The van der Waals surface area contributed by atoms with Crippen molar-refractivity contribution in [2.75, 3.05) is 0 Å². The third-order valence-electron chi connectivity index (χ3n) is 1.71. The summed E-state index contributed by atoms with van der Waals surface area (Å²) in [5.74, 6) is 0. The van der Waals surface area contributed by atoms with Gasteiger partial charge in [0.25, 0.3) is 0 Å². The summed E-state index contributed by atoms with van der Waals surface area (Å²) < 4.78 is 9.99. The normalized spacial score (nSPS) is 34.5. The zero-order valence-electron chi connectivity index (χ0n) is 6.41. The van der Waals surface area contributed by atoms with E-state index >= 15 is 0 Å². The second-order valence-corrected chi connectivity index (χ2v) is 2.66. The van der Waals surface area contributed by atoms with Crippen LogP contribution in [0.3, 0.4) is 0 Å². The number of hydrogen-bond acceptors (Lipinski definition) is 3. The molecule has 58 valence electrons. The molecule has 10 heavy (non-hydrogen) atoms. The van der Waals surface area contributed by atoms with Gasteiger partial charge in [-0.1, -0.05) is 6.92 Å². The lowest BCUT2D eigenvalue weighted by molar-refractivity contribution is -0.0115. The third kappa shape index (κ3) is 1.97. The molecule has 1 aliphatic rings. The summed E-state index contributed by atoms with van der Waals surface area (Å²) in [5, 5.41) is 8.94. The summed E-state index contributed by atoms with van der Waals surface area (Å²) in [4.78, 5) is 0. The van der Waals surface area contributed by atoms with Crippen LogP contribution in [0.15, 0.2) is 0 Å². The Labute approximate surface area is 61.5 Å². The Bertz CT molecular complexity index is 99.2. The smallest absolute Gasteiger partial charge is 0.402 e. The van der Waals surface area contributed by atoms with Crippen LogP contribution in [0.25, 0.3) is 0 Å². The van der Waals surface area contributed by atoms with E-state index in [1.54, 1.807) is 0 Å². The molecule has 2 atom stereocenters. The molecule has 4 heteroatoms. The SMILES string of the molecule is CCC1CC(C)OB(O)O1. The first-order valence-corrected chi connectivity index (χ1v) is 3.71. The lowest BCUT2D eigenvalue weighted by Crippen LogP contribution is -2.39. The second-order valence-electron chi connectivity index (χ2n) is 2.66. The minimum atomic E-state index is -1.01. The van der Waals surface area contributed by atoms with E-state index in [0.717, 1.165) is 12.8 Å². The summed E-state index contributed by atoms with van der Waals surface area (Å²) in [5.41, 5.74) is 0. The average molecular weight is 144 g/mol. The molecule has 1 rings (SSSR count). The van der Waals surface area contributed by atoms with Crippen molar-refractivity contribution in [2.45, 2.75) is 38.9 Å². The third-order valence-corrected chi connectivity index (χ3v) is 1.71. The summed E-state index contributed by atoms with van der Waals surface area (Å²) in [6.07, 6.45) is 2.10. The Hall–Kier alpha value is -0.0551. The van der Waals surface area contributed by atoms with Gasteiger partial charge in [0.05, 0.1) is 0 Å². The molecule has 1 aliphatic heterocycles. The van der Waals surface area contributed by atoms with Crippen LogP contribution in [0.1, 0.15) is 26.7 Å². The summed E-state index contributed by atoms with van der Waals surface area (Å²) in [7, 11) is -1.01. The Morgan fingerprint density at radius 1 is 1.60 bits per heavy atom. The predicted molar refractivity (Wildman–Crippen MR) is 38.3 cm³/mol. The summed E-state index contributed by atoms with van der Waals surface area (Å²) in [6, 6.07) is 0. The van der Waals surface area contributed by atoms with Crippen LogP contribution in [-0.4, -0.2) is 24.6 Å². The first kappa shape index (κ1) is 8.05. The van der Waals surface area contributed by atoms with E-state index in [0.29, 0.717) is 0 Å². The van der Waals surface area contributed by atoms with Crippen LogP contribution in [0.2, 0.25) is 0 Å². The van der Waals surface area contributed by atoms with Gasteiger partial charge < -0.3 is 14.3 Å². The van der Waals surface area contributed by atoms with Crippen LogP contribution >= 0.6 is 0 Å². The topological polar surface area (TPSA) is 38.7 Å². The highest BCUT2D eigenvalue weighted by Crippen LogP contribution is 2.16. The van der Waals surface area contributed by atoms with Crippen molar-refractivity contribution in [3.05, 3.63) is 0 Å². The molecule has 0 spiro atoms. The molecular weight excluding hydrogens is 131 g/mol.